The first kappa shape index (κ1) is 21.0. The molecule has 8 heteroatoms. The summed E-state index contributed by atoms with van der Waals surface area (Å²) in [6, 6.07) is 13.6. The molecule has 2 amide bonds. The Bertz CT molecular complexity index is 939. The fraction of sp³-hybridized carbons (Fsp3) is 0.391. The molecule has 0 saturated carbocycles. The number of amides is 2. The van der Waals surface area contributed by atoms with Crippen LogP contribution in [-0.4, -0.2) is 52.3 Å². The van der Waals surface area contributed by atoms with Crippen LogP contribution in [0.15, 0.2) is 42.5 Å². The van der Waals surface area contributed by atoms with E-state index in [1.165, 1.54) is 23.3 Å². The number of carbonyl (C=O) groups excluding carboxylic acids is 2. The predicted octanol–water partition coefficient (Wildman–Crippen LogP) is 0.956. The van der Waals surface area contributed by atoms with Gasteiger partial charge in [0.2, 0.25) is 6.79 Å². The van der Waals surface area contributed by atoms with Crippen LogP contribution in [-0.2, 0) is 9.59 Å². The van der Waals surface area contributed by atoms with Crippen LogP contribution in [0.25, 0.3) is 0 Å². The summed E-state index contributed by atoms with van der Waals surface area (Å²) >= 11 is 0. The molecule has 1 atom stereocenters. The van der Waals surface area contributed by atoms with Crippen LogP contribution >= 0.6 is 0 Å². The van der Waals surface area contributed by atoms with Crippen LogP contribution in [0.2, 0.25) is 0 Å². The van der Waals surface area contributed by atoms with E-state index in [0.717, 1.165) is 18.8 Å². The predicted molar refractivity (Wildman–Crippen MR) is 118 cm³/mol. The van der Waals surface area contributed by atoms with Crippen molar-refractivity contribution >= 4 is 23.2 Å². The molecule has 3 N–H and O–H groups in total. The number of ether oxygens (including phenoxy) is 2. The molecule has 2 heterocycles. The molecule has 4 rings (SSSR count). The molecule has 0 aliphatic carbocycles. The van der Waals surface area contributed by atoms with Gasteiger partial charge in [-0.2, -0.15) is 0 Å². The lowest BCUT2D eigenvalue weighted by atomic mass is 10.0. The Morgan fingerprint density at radius 1 is 1.00 bits per heavy atom. The number of hydrogen-bond acceptors (Lipinski definition) is 5. The Morgan fingerprint density at radius 2 is 1.71 bits per heavy atom. The Kier molecular flexibility index (Phi) is 6.27. The summed E-state index contributed by atoms with van der Waals surface area (Å²) in [7, 11) is 4.02. The van der Waals surface area contributed by atoms with Crippen LogP contribution in [0.1, 0.15) is 24.4 Å². The molecule has 2 aromatic rings. The third kappa shape index (κ3) is 4.91. The smallest absolute Gasteiger partial charge is 0.313 e. The number of likely N-dealkylation sites (tertiary alicyclic amines) is 1. The molecule has 2 aliphatic heterocycles. The third-order valence-corrected chi connectivity index (χ3v) is 5.85. The quantitative estimate of drug-likeness (QED) is 0.601. The van der Waals surface area contributed by atoms with Gasteiger partial charge in [-0.25, -0.2) is 0 Å². The summed E-state index contributed by atoms with van der Waals surface area (Å²) in [5.41, 5.74) is 2.79. The first-order chi connectivity index (χ1) is 15.0. The zero-order valence-corrected chi connectivity index (χ0v) is 17.9. The average molecular weight is 426 g/mol. The normalized spacial score (nSPS) is 16.1. The zero-order chi connectivity index (χ0) is 21.8. The molecule has 0 radical (unpaired) electrons. The summed E-state index contributed by atoms with van der Waals surface area (Å²) < 4.78 is 10.6. The fourth-order valence-electron chi connectivity index (χ4n) is 4.12. The number of rotatable bonds is 6. The van der Waals surface area contributed by atoms with Gasteiger partial charge in [0.05, 0.1) is 19.6 Å². The van der Waals surface area contributed by atoms with E-state index in [0.29, 0.717) is 23.7 Å². The van der Waals surface area contributed by atoms with Crippen molar-refractivity contribution in [3.63, 3.8) is 0 Å². The standard InChI is InChI=1S/C23H28N4O4/c1-26(2)18-8-5-16(6-9-18)19(27-11-3-4-12-27)14-24-22(28)23(29)25-17-7-10-20-21(13-17)31-15-30-20/h5-10,13,19H,3-4,11-12,14-15H2,1-2H3,(H,24,28)(H,25,29)/p+1/t19-/m0/s1. The number of benzene rings is 2. The van der Waals surface area contributed by atoms with Crippen molar-refractivity contribution in [2.75, 3.05) is 50.7 Å². The lowest BCUT2D eigenvalue weighted by Crippen LogP contribution is -3.11. The average Bonchev–Trinajstić information content (AvgIpc) is 3.46. The van der Waals surface area contributed by atoms with E-state index in [1.807, 2.05) is 14.1 Å². The molecular formula is C23H29N4O4+. The molecule has 2 aliphatic rings. The van der Waals surface area contributed by atoms with Crippen LogP contribution in [0.4, 0.5) is 11.4 Å². The summed E-state index contributed by atoms with van der Waals surface area (Å²) in [5, 5.41) is 5.46. The lowest BCUT2D eigenvalue weighted by Gasteiger charge is -2.25. The number of hydrogen-bond donors (Lipinski definition) is 3. The van der Waals surface area contributed by atoms with E-state index >= 15 is 0 Å². The zero-order valence-electron chi connectivity index (χ0n) is 17.9. The number of carbonyl (C=O) groups is 2. The fourth-order valence-corrected chi connectivity index (χ4v) is 4.12. The highest BCUT2D eigenvalue weighted by molar-refractivity contribution is 6.39. The van der Waals surface area contributed by atoms with E-state index < -0.39 is 11.8 Å². The van der Waals surface area contributed by atoms with Gasteiger partial charge in [-0.05, 0) is 24.3 Å². The van der Waals surface area contributed by atoms with Crippen molar-refractivity contribution in [1.82, 2.24) is 5.32 Å². The summed E-state index contributed by atoms with van der Waals surface area (Å²) in [6.07, 6.45) is 2.36. The number of fused-ring (bicyclic) bond motifs is 1. The molecule has 8 nitrogen and oxygen atoms in total. The minimum atomic E-state index is -0.697. The van der Waals surface area contributed by atoms with Crippen LogP contribution < -0.4 is 29.9 Å². The molecule has 31 heavy (non-hydrogen) atoms. The highest BCUT2D eigenvalue weighted by Gasteiger charge is 2.28. The maximum absolute atomic E-state index is 12.5. The van der Waals surface area contributed by atoms with Crippen LogP contribution in [0, 0.1) is 0 Å². The molecule has 0 aromatic heterocycles. The summed E-state index contributed by atoms with van der Waals surface area (Å²) in [5.74, 6) is -0.167. The topological polar surface area (TPSA) is 84.3 Å². The monoisotopic (exact) mass is 425 g/mol. The van der Waals surface area contributed by atoms with Crippen molar-refractivity contribution in [3.05, 3.63) is 48.0 Å². The lowest BCUT2D eigenvalue weighted by molar-refractivity contribution is -0.918. The van der Waals surface area contributed by atoms with Gasteiger partial charge < -0.3 is 29.9 Å². The van der Waals surface area contributed by atoms with Crippen molar-refractivity contribution in [2.45, 2.75) is 18.9 Å². The molecule has 1 fully saturated rings. The third-order valence-electron chi connectivity index (χ3n) is 5.85. The van der Waals surface area contributed by atoms with Crippen LogP contribution in [0.3, 0.4) is 0 Å². The van der Waals surface area contributed by atoms with Gasteiger partial charge in [-0.1, -0.05) is 12.1 Å². The summed E-state index contributed by atoms with van der Waals surface area (Å²) in [6.45, 7) is 2.70. The van der Waals surface area contributed by atoms with E-state index in [9.17, 15) is 9.59 Å². The number of nitrogens with zero attached hydrogens (tertiary/aromatic N) is 1. The van der Waals surface area contributed by atoms with Gasteiger partial charge >= 0.3 is 11.8 Å². The van der Waals surface area contributed by atoms with Gasteiger partial charge in [-0.15, -0.1) is 0 Å². The van der Waals surface area contributed by atoms with Crippen molar-refractivity contribution in [3.8, 4) is 11.5 Å². The Balaban J connectivity index is 1.39. The molecule has 164 valence electrons. The highest BCUT2D eigenvalue weighted by Crippen LogP contribution is 2.34. The van der Waals surface area contributed by atoms with Gasteiger partial charge in [-0.3, -0.25) is 9.59 Å². The number of quaternary nitrogens is 1. The van der Waals surface area contributed by atoms with E-state index in [1.54, 1.807) is 18.2 Å². The van der Waals surface area contributed by atoms with Gasteiger partial charge in [0.15, 0.2) is 11.5 Å². The Labute approximate surface area is 182 Å². The first-order valence-electron chi connectivity index (χ1n) is 10.6. The molecule has 0 bridgehead atoms. The maximum Gasteiger partial charge on any atom is 0.313 e. The minimum absolute atomic E-state index is 0.112. The number of nitrogens with one attached hydrogen (secondary N) is 3. The largest absolute Gasteiger partial charge is 0.454 e. The van der Waals surface area contributed by atoms with Gasteiger partial charge in [0.25, 0.3) is 0 Å². The van der Waals surface area contributed by atoms with Crippen molar-refractivity contribution in [2.24, 2.45) is 0 Å². The van der Waals surface area contributed by atoms with Gasteiger partial charge in [0, 0.05) is 49.9 Å². The van der Waals surface area contributed by atoms with E-state index in [2.05, 4.69) is 39.8 Å². The first-order valence-corrected chi connectivity index (χ1v) is 10.6. The minimum Gasteiger partial charge on any atom is -0.454 e. The second-order valence-corrected chi connectivity index (χ2v) is 8.14. The van der Waals surface area contributed by atoms with Crippen LogP contribution in [0.5, 0.6) is 11.5 Å². The summed E-state index contributed by atoms with van der Waals surface area (Å²) in [4.78, 5) is 28.4. The molecule has 0 spiro atoms. The Morgan fingerprint density at radius 3 is 2.42 bits per heavy atom. The maximum atomic E-state index is 12.5. The van der Waals surface area contributed by atoms with E-state index in [4.69, 9.17) is 9.47 Å². The SMILES string of the molecule is CN(C)c1ccc([C@H](CNC(=O)C(=O)Nc2ccc3c(c2)OCO3)[NH+]2CCCC2)cc1. The van der Waals surface area contributed by atoms with Crippen molar-refractivity contribution in [1.29, 1.82) is 0 Å². The Hall–Kier alpha value is -3.26. The molecule has 1 saturated heterocycles. The molecule has 0 unspecified atom stereocenters. The number of anilines is 2. The van der Waals surface area contributed by atoms with Crippen molar-refractivity contribution < 1.29 is 24.0 Å². The molecule has 2 aromatic carbocycles. The molecular weight excluding hydrogens is 396 g/mol. The van der Waals surface area contributed by atoms with E-state index in [-0.39, 0.29) is 12.8 Å². The second-order valence-electron chi connectivity index (χ2n) is 8.14. The second kappa shape index (κ2) is 9.26. The van der Waals surface area contributed by atoms with Gasteiger partial charge in [0.1, 0.15) is 6.04 Å². The highest BCUT2D eigenvalue weighted by atomic mass is 16.7.